The van der Waals surface area contributed by atoms with Crippen LogP contribution in [0.25, 0.3) is 0 Å². The normalized spacial score (nSPS) is 15.5. The summed E-state index contributed by atoms with van der Waals surface area (Å²) in [6.07, 6.45) is 0.849. The Hall–Kier alpha value is -2.00. The Morgan fingerprint density at radius 1 is 1.10 bits per heavy atom. The lowest BCUT2D eigenvalue weighted by Crippen LogP contribution is -2.41. The second-order valence-corrected chi connectivity index (χ2v) is 10.0. The van der Waals surface area contributed by atoms with Crippen molar-refractivity contribution in [2.75, 3.05) is 32.6 Å². The Balaban J connectivity index is 1.62. The highest BCUT2D eigenvalue weighted by Crippen LogP contribution is 2.36. The van der Waals surface area contributed by atoms with Gasteiger partial charge in [0.25, 0.3) is 0 Å². The fourth-order valence-electron chi connectivity index (χ4n) is 3.52. The second-order valence-electron chi connectivity index (χ2n) is 7.24. The maximum atomic E-state index is 12.8. The van der Waals surface area contributed by atoms with Crippen molar-refractivity contribution in [2.45, 2.75) is 18.6 Å². The predicted molar refractivity (Wildman–Crippen MR) is 122 cm³/mol. The van der Waals surface area contributed by atoms with E-state index >= 15 is 0 Å². The third kappa shape index (κ3) is 5.83. The number of amides is 1. The van der Waals surface area contributed by atoms with Crippen molar-refractivity contribution in [3.05, 3.63) is 52.0 Å². The average Bonchev–Trinajstić information content (AvgIpc) is 2.74. The van der Waals surface area contributed by atoms with Gasteiger partial charge in [-0.1, -0.05) is 35.3 Å². The molecule has 3 rings (SSSR count). The number of hydrogen-bond donors (Lipinski definition) is 1. The molecule has 1 aliphatic heterocycles. The van der Waals surface area contributed by atoms with E-state index in [1.165, 1.54) is 18.5 Å². The van der Waals surface area contributed by atoms with Crippen molar-refractivity contribution in [2.24, 2.45) is 5.92 Å². The first kappa shape index (κ1) is 23.7. The zero-order valence-electron chi connectivity index (χ0n) is 17.2. The second kappa shape index (κ2) is 10.1. The molecule has 0 aromatic heterocycles. The monoisotopic (exact) mass is 486 g/mol. The molecule has 2 aromatic carbocycles. The molecule has 0 bridgehead atoms. The van der Waals surface area contributed by atoms with E-state index in [0.29, 0.717) is 45.6 Å². The molecule has 1 fully saturated rings. The summed E-state index contributed by atoms with van der Waals surface area (Å²) in [5.41, 5.74) is 1.08. The number of anilines is 1. The summed E-state index contributed by atoms with van der Waals surface area (Å²) in [6, 6.07) is 9.98. The molecule has 1 heterocycles. The fraction of sp³-hybridized carbons (Fsp3) is 0.381. The SMILES string of the molecule is COc1cc(NC(=O)C2CCN(S(=O)(=O)Cc3cccc(Cl)c3)CC2)c(OC)cc1Cl. The molecule has 1 amide bonds. The minimum absolute atomic E-state index is 0.119. The molecule has 7 nitrogen and oxygen atoms in total. The molecular formula is C21H24Cl2N2O5S. The molecule has 31 heavy (non-hydrogen) atoms. The largest absolute Gasteiger partial charge is 0.495 e. The standard InChI is InChI=1S/C21H24Cl2N2O5S/c1-29-19-12-18(20(30-2)11-17(19)23)24-21(26)15-6-8-25(9-7-15)31(27,28)13-14-4-3-5-16(22)10-14/h3-5,10-12,15H,6-9,13H2,1-2H3,(H,24,26). The topological polar surface area (TPSA) is 84.9 Å². The zero-order chi connectivity index (χ0) is 22.6. The molecule has 0 radical (unpaired) electrons. The van der Waals surface area contributed by atoms with Gasteiger partial charge in [-0.3, -0.25) is 4.79 Å². The summed E-state index contributed by atoms with van der Waals surface area (Å²) in [7, 11) is -0.526. The van der Waals surface area contributed by atoms with Gasteiger partial charge in [-0.25, -0.2) is 12.7 Å². The highest BCUT2D eigenvalue weighted by atomic mass is 35.5. The van der Waals surface area contributed by atoms with Crippen LogP contribution in [0.1, 0.15) is 18.4 Å². The number of carbonyl (C=O) groups excluding carboxylic acids is 1. The quantitative estimate of drug-likeness (QED) is 0.633. The van der Waals surface area contributed by atoms with Gasteiger partial charge in [0.15, 0.2) is 0 Å². The molecular weight excluding hydrogens is 463 g/mol. The summed E-state index contributed by atoms with van der Waals surface area (Å²) >= 11 is 12.1. The lowest BCUT2D eigenvalue weighted by molar-refractivity contribution is -0.120. The van der Waals surface area contributed by atoms with Crippen molar-refractivity contribution in [3.63, 3.8) is 0 Å². The number of methoxy groups -OCH3 is 2. The van der Waals surface area contributed by atoms with Crippen LogP contribution in [0.15, 0.2) is 36.4 Å². The van der Waals surface area contributed by atoms with E-state index in [1.807, 2.05) is 0 Å². The van der Waals surface area contributed by atoms with E-state index < -0.39 is 10.0 Å². The molecule has 168 valence electrons. The maximum absolute atomic E-state index is 12.8. The Kier molecular flexibility index (Phi) is 7.69. The summed E-state index contributed by atoms with van der Waals surface area (Å²) in [5.74, 6) is 0.200. The molecule has 1 aliphatic rings. The minimum Gasteiger partial charge on any atom is -0.495 e. The number of nitrogens with one attached hydrogen (secondary N) is 1. The lowest BCUT2D eigenvalue weighted by atomic mass is 9.97. The van der Waals surface area contributed by atoms with Crippen LogP contribution >= 0.6 is 23.2 Å². The summed E-state index contributed by atoms with van der Waals surface area (Å²) in [4.78, 5) is 12.8. The number of piperidine rings is 1. The number of hydrogen-bond acceptors (Lipinski definition) is 5. The first-order chi connectivity index (χ1) is 14.7. The molecule has 10 heteroatoms. The van der Waals surface area contributed by atoms with Crippen molar-refractivity contribution in [1.82, 2.24) is 4.31 Å². The third-order valence-electron chi connectivity index (χ3n) is 5.19. The summed E-state index contributed by atoms with van der Waals surface area (Å²) in [6.45, 7) is 0.560. The molecule has 1 saturated heterocycles. The first-order valence-electron chi connectivity index (χ1n) is 9.68. The molecule has 0 aliphatic carbocycles. The molecule has 2 aromatic rings. The van der Waals surface area contributed by atoms with E-state index in [4.69, 9.17) is 32.7 Å². The van der Waals surface area contributed by atoms with Gasteiger partial charge in [0.1, 0.15) is 11.5 Å². The third-order valence-corrected chi connectivity index (χ3v) is 7.57. The van der Waals surface area contributed by atoms with Crippen molar-refractivity contribution >= 4 is 44.8 Å². The Morgan fingerprint density at radius 3 is 2.39 bits per heavy atom. The van der Waals surface area contributed by atoms with Crippen LogP contribution in [0.3, 0.4) is 0 Å². The van der Waals surface area contributed by atoms with Crippen LogP contribution in [-0.4, -0.2) is 45.9 Å². The Morgan fingerprint density at radius 2 is 1.77 bits per heavy atom. The number of nitrogens with zero attached hydrogens (tertiary/aromatic N) is 1. The van der Waals surface area contributed by atoms with Crippen LogP contribution in [0.4, 0.5) is 5.69 Å². The van der Waals surface area contributed by atoms with Crippen molar-refractivity contribution in [3.8, 4) is 11.5 Å². The van der Waals surface area contributed by atoms with E-state index in [1.54, 1.807) is 36.4 Å². The van der Waals surface area contributed by atoms with E-state index in [0.717, 1.165) is 0 Å². The van der Waals surface area contributed by atoms with E-state index in [-0.39, 0.29) is 30.7 Å². The number of halogens is 2. The molecule has 0 saturated carbocycles. The van der Waals surface area contributed by atoms with Gasteiger partial charge < -0.3 is 14.8 Å². The summed E-state index contributed by atoms with van der Waals surface area (Å²) < 4.78 is 37.4. The van der Waals surface area contributed by atoms with Gasteiger partial charge in [-0.2, -0.15) is 0 Å². The zero-order valence-corrected chi connectivity index (χ0v) is 19.6. The van der Waals surface area contributed by atoms with E-state index in [9.17, 15) is 13.2 Å². The van der Waals surface area contributed by atoms with Gasteiger partial charge in [0, 0.05) is 36.2 Å². The number of rotatable bonds is 7. The van der Waals surface area contributed by atoms with Crippen LogP contribution in [0, 0.1) is 5.92 Å². The summed E-state index contributed by atoms with van der Waals surface area (Å²) in [5, 5.41) is 3.72. The molecule has 0 unspecified atom stereocenters. The van der Waals surface area contributed by atoms with Crippen molar-refractivity contribution in [1.29, 1.82) is 0 Å². The van der Waals surface area contributed by atoms with Gasteiger partial charge in [-0.15, -0.1) is 0 Å². The number of sulfonamides is 1. The number of carbonyl (C=O) groups is 1. The van der Waals surface area contributed by atoms with Crippen molar-refractivity contribution < 1.29 is 22.7 Å². The number of benzene rings is 2. The van der Waals surface area contributed by atoms with Crippen LogP contribution < -0.4 is 14.8 Å². The highest BCUT2D eigenvalue weighted by molar-refractivity contribution is 7.88. The van der Waals surface area contributed by atoms with Gasteiger partial charge in [0.05, 0.1) is 30.7 Å². The average molecular weight is 487 g/mol. The molecule has 0 spiro atoms. The highest BCUT2D eigenvalue weighted by Gasteiger charge is 2.31. The van der Waals surface area contributed by atoms with Crippen LogP contribution in [0.2, 0.25) is 10.0 Å². The first-order valence-corrected chi connectivity index (χ1v) is 12.0. The van der Waals surface area contributed by atoms with Gasteiger partial charge in [-0.05, 0) is 30.5 Å². The Bertz CT molecular complexity index is 1050. The number of ether oxygens (including phenoxy) is 2. The Labute approximate surface area is 192 Å². The minimum atomic E-state index is -3.49. The maximum Gasteiger partial charge on any atom is 0.227 e. The van der Waals surface area contributed by atoms with Crippen LogP contribution in [-0.2, 0) is 20.6 Å². The van der Waals surface area contributed by atoms with Gasteiger partial charge >= 0.3 is 0 Å². The van der Waals surface area contributed by atoms with Crippen LogP contribution in [0.5, 0.6) is 11.5 Å². The van der Waals surface area contributed by atoms with Gasteiger partial charge in [0.2, 0.25) is 15.9 Å². The smallest absolute Gasteiger partial charge is 0.227 e. The predicted octanol–water partition coefficient (Wildman–Crippen LogP) is 4.19. The van der Waals surface area contributed by atoms with E-state index in [2.05, 4.69) is 5.32 Å². The lowest BCUT2D eigenvalue weighted by Gasteiger charge is -2.30. The molecule has 1 N–H and O–H groups in total. The molecule has 0 atom stereocenters. The fourth-order valence-corrected chi connectivity index (χ4v) is 5.51.